The molecule has 4 rings (SSSR count). The Kier molecular flexibility index (Phi) is 3.84. The van der Waals surface area contributed by atoms with Crippen LogP contribution >= 0.6 is 0 Å². The minimum absolute atomic E-state index is 0.512. The van der Waals surface area contributed by atoms with E-state index in [1.54, 1.807) is 0 Å². The third-order valence-corrected chi connectivity index (χ3v) is 5.12. The van der Waals surface area contributed by atoms with Gasteiger partial charge in [0.15, 0.2) is 5.65 Å². The molecule has 2 fully saturated rings. The van der Waals surface area contributed by atoms with E-state index in [4.69, 9.17) is 9.72 Å². The van der Waals surface area contributed by atoms with Crippen LogP contribution in [0.2, 0.25) is 0 Å². The molecule has 2 saturated heterocycles. The first-order valence-electron chi connectivity index (χ1n) is 8.49. The van der Waals surface area contributed by atoms with Crippen LogP contribution in [0.25, 0.3) is 11.2 Å². The van der Waals surface area contributed by atoms with Crippen molar-refractivity contribution in [3.05, 3.63) is 24.2 Å². The van der Waals surface area contributed by atoms with Crippen molar-refractivity contribution >= 4 is 11.2 Å². The fourth-order valence-electron chi connectivity index (χ4n) is 3.86. The average Bonchev–Trinajstić information content (AvgIpc) is 3.19. The molecule has 5 heteroatoms. The molecule has 5 nitrogen and oxygen atoms in total. The normalized spacial score (nSPS) is 24.3. The third-order valence-electron chi connectivity index (χ3n) is 5.12. The highest BCUT2D eigenvalue weighted by molar-refractivity contribution is 5.71. The lowest BCUT2D eigenvalue weighted by Crippen LogP contribution is -2.24. The Hall–Kier alpha value is -1.46. The number of rotatable bonds is 3. The van der Waals surface area contributed by atoms with Gasteiger partial charge in [-0.25, -0.2) is 9.97 Å². The van der Waals surface area contributed by atoms with Gasteiger partial charge in [0.1, 0.15) is 11.3 Å². The number of likely N-dealkylation sites (N-methyl/N-ethyl adjacent to an activating group) is 1. The minimum atomic E-state index is 0.512. The van der Waals surface area contributed by atoms with E-state index in [2.05, 4.69) is 27.4 Å². The molecule has 0 N–H and O–H groups in total. The van der Waals surface area contributed by atoms with Gasteiger partial charge in [-0.15, -0.1) is 0 Å². The molecule has 1 atom stereocenters. The molecule has 2 aliphatic rings. The molecule has 0 saturated carbocycles. The number of pyridine rings is 1. The fraction of sp³-hybridized carbons (Fsp3) is 0.647. The van der Waals surface area contributed by atoms with Crippen LogP contribution in [0.4, 0.5) is 0 Å². The summed E-state index contributed by atoms with van der Waals surface area (Å²) in [6.07, 6.45) is 5.24. The van der Waals surface area contributed by atoms with E-state index in [0.717, 1.165) is 50.3 Å². The summed E-state index contributed by atoms with van der Waals surface area (Å²) >= 11 is 0. The van der Waals surface area contributed by atoms with Gasteiger partial charge in [-0.05, 0) is 37.9 Å². The summed E-state index contributed by atoms with van der Waals surface area (Å²) in [6.45, 7) is 7.38. The predicted molar refractivity (Wildman–Crippen MR) is 86.1 cm³/mol. The van der Waals surface area contributed by atoms with Crippen molar-refractivity contribution in [1.29, 1.82) is 0 Å². The Balaban J connectivity index is 1.76. The summed E-state index contributed by atoms with van der Waals surface area (Å²) in [4.78, 5) is 12.1. The van der Waals surface area contributed by atoms with Gasteiger partial charge < -0.3 is 14.2 Å². The first-order valence-corrected chi connectivity index (χ1v) is 8.49. The largest absolute Gasteiger partial charge is 0.381 e. The van der Waals surface area contributed by atoms with Crippen LogP contribution in [-0.4, -0.2) is 52.3 Å². The van der Waals surface area contributed by atoms with E-state index < -0.39 is 0 Å². The Morgan fingerprint density at radius 1 is 1.27 bits per heavy atom. The molecule has 0 radical (unpaired) electrons. The first kappa shape index (κ1) is 14.2. The van der Waals surface area contributed by atoms with Crippen molar-refractivity contribution < 1.29 is 4.74 Å². The Morgan fingerprint density at radius 2 is 2.14 bits per heavy atom. The van der Waals surface area contributed by atoms with Crippen LogP contribution in [0.3, 0.4) is 0 Å². The molecule has 0 aliphatic carbocycles. The lowest BCUT2D eigenvalue weighted by molar-refractivity contribution is 0.0826. The summed E-state index contributed by atoms with van der Waals surface area (Å²) in [6, 6.07) is 4.59. The van der Waals surface area contributed by atoms with Crippen LogP contribution in [0.5, 0.6) is 0 Å². The number of hydrogen-bond donors (Lipinski definition) is 0. The van der Waals surface area contributed by atoms with E-state index in [-0.39, 0.29) is 0 Å². The van der Waals surface area contributed by atoms with Gasteiger partial charge in [0.2, 0.25) is 0 Å². The molecule has 0 amide bonds. The second-order valence-corrected chi connectivity index (χ2v) is 6.41. The number of hydrogen-bond acceptors (Lipinski definition) is 4. The number of imidazole rings is 1. The molecule has 2 aromatic heterocycles. The number of likely N-dealkylation sites (tertiary alicyclic amines) is 1. The van der Waals surface area contributed by atoms with Gasteiger partial charge in [-0.3, -0.25) is 0 Å². The number of ether oxygens (including phenoxy) is 1. The monoisotopic (exact) mass is 300 g/mol. The van der Waals surface area contributed by atoms with Crippen molar-refractivity contribution in [2.24, 2.45) is 0 Å². The topological polar surface area (TPSA) is 43.2 Å². The zero-order chi connectivity index (χ0) is 14.9. The zero-order valence-electron chi connectivity index (χ0n) is 13.2. The number of nitrogens with zero attached hydrogens (tertiary/aromatic N) is 4. The van der Waals surface area contributed by atoms with Gasteiger partial charge in [-0.2, -0.15) is 0 Å². The highest BCUT2D eigenvalue weighted by atomic mass is 16.5. The van der Waals surface area contributed by atoms with E-state index in [0.29, 0.717) is 12.0 Å². The first-order chi connectivity index (χ1) is 10.9. The molecule has 4 heterocycles. The van der Waals surface area contributed by atoms with E-state index in [1.807, 2.05) is 12.3 Å². The summed E-state index contributed by atoms with van der Waals surface area (Å²) in [7, 11) is 0. The Labute approximate surface area is 131 Å². The van der Waals surface area contributed by atoms with Crippen LogP contribution in [0.1, 0.15) is 44.0 Å². The summed E-state index contributed by atoms with van der Waals surface area (Å²) < 4.78 is 7.98. The summed E-state index contributed by atoms with van der Waals surface area (Å²) in [5.74, 6) is 1.75. The molecule has 22 heavy (non-hydrogen) atoms. The second kappa shape index (κ2) is 5.97. The van der Waals surface area contributed by atoms with Crippen molar-refractivity contribution in [2.45, 2.75) is 38.1 Å². The summed E-state index contributed by atoms with van der Waals surface area (Å²) in [5, 5.41) is 0. The van der Waals surface area contributed by atoms with Crippen LogP contribution in [0.15, 0.2) is 18.3 Å². The van der Waals surface area contributed by atoms with Crippen molar-refractivity contribution in [1.82, 2.24) is 19.4 Å². The molecule has 118 valence electrons. The smallest absolute Gasteiger partial charge is 0.160 e. The van der Waals surface area contributed by atoms with E-state index in [1.165, 1.54) is 18.8 Å². The molecular formula is C17H24N4O. The van der Waals surface area contributed by atoms with Gasteiger partial charge in [0.05, 0.1) is 6.04 Å². The highest BCUT2D eigenvalue weighted by Gasteiger charge is 2.30. The molecule has 2 aliphatic heterocycles. The maximum atomic E-state index is 5.53. The van der Waals surface area contributed by atoms with Gasteiger partial charge >= 0.3 is 0 Å². The van der Waals surface area contributed by atoms with Gasteiger partial charge in [0.25, 0.3) is 0 Å². The van der Waals surface area contributed by atoms with Crippen molar-refractivity contribution in [2.75, 3.05) is 32.8 Å². The lowest BCUT2D eigenvalue weighted by Gasteiger charge is -2.25. The minimum Gasteiger partial charge on any atom is -0.381 e. The highest BCUT2D eigenvalue weighted by Crippen LogP contribution is 2.33. The maximum absolute atomic E-state index is 5.53. The van der Waals surface area contributed by atoms with Crippen molar-refractivity contribution in [3.8, 4) is 0 Å². The van der Waals surface area contributed by atoms with Gasteiger partial charge in [0, 0.05) is 38.4 Å². The molecule has 2 aromatic rings. The average molecular weight is 300 g/mol. The Morgan fingerprint density at radius 3 is 2.91 bits per heavy atom. The molecule has 0 bridgehead atoms. The van der Waals surface area contributed by atoms with E-state index >= 15 is 0 Å². The van der Waals surface area contributed by atoms with Crippen LogP contribution < -0.4 is 0 Å². The quantitative estimate of drug-likeness (QED) is 0.874. The van der Waals surface area contributed by atoms with Crippen molar-refractivity contribution in [3.63, 3.8) is 0 Å². The van der Waals surface area contributed by atoms with Crippen LogP contribution in [-0.2, 0) is 4.74 Å². The fourth-order valence-corrected chi connectivity index (χ4v) is 3.86. The zero-order valence-corrected chi connectivity index (χ0v) is 13.2. The van der Waals surface area contributed by atoms with E-state index in [9.17, 15) is 0 Å². The lowest BCUT2D eigenvalue weighted by atomic mass is 9.99. The summed E-state index contributed by atoms with van der Waals surface area (Å²) in [5.41, 5.74) is 2.10. The standard InChI is InChI=1S/C17H24N4O/c1-2-20-9-5-14(12-20)21-16(13-6-10-22-11-7-13)19-15-4-3-8-18-17(15)21/h3-4,8,13-14H,2,5-7,9-12H2,1H3. The molecular weight excluding hydrogens is 276 g/mol. The molecule has 0 aromatic carbocycles. The second-order valence-electron chi connectivity index (χ2n) is 6.41. The van der Waals surface area contributed by atoms with Crippen LogP contribution in [0, 0.1) is 0 Å². The molecule has 1 unspecified atom stereocenters. The Bertz CT molecular complexity index is 647. The maximum Gasteiger partial charge on any atom is 0.160 e. The van der Waals surface area contributed by atoms with Gasteiger partial charge in [-0.1, -0.05) is 6.92 Å². The predicted octanol–water partition coefficient (Wildman–Crippen LogP) is 2.59. The third kappa shape index (κ3) is 2.42. The SMILES string of the molecule is CCN1CCC(n2c(C3CCOCC3)nc3cccnc32)C1. The molecule has 0 spiro atoms. The number of aromatic nitrogens is 3. The number of fused-ring (bicyclic) bond motifs is 1.